The monoisotopic (exact) mass is 277 g/mol. The van der Waals surface area contributed by atoms with Crippen LogP contribution in [0.2, 0.25) is 0 Å². The molecule has 1 heteroatoms. The molecule has 0 radical (unpaired) electrons. The summed E-state index contributed by atoms with van der Waals surface area (Å²) in [6.45, 7) is 2.26. The normalized spacial score (nSPS) is 17.9. The number of benzene rings is 2. The Morgan fingerprint density at radius 2 is 1.38 bits per heavy atom. The fourth-order valence-corrected chi connectivity index (χ4v) is 3.05. The fraction of sp³-hybridized carbons (Fsp3) is 0.300. The smallest absolute Gasteiger partial charge is 0.0272 e. The summed E-state index contributed by atoms with van der Waals surface area (Å²) >= 11 is 0. The molecule has 0 atom stereocenters. The van der Waals surface area contributed by atoms with Crippen molar-refractivity contribution >= 4 is 0 Å². The largest absolute Gasteiger partial charge is 0.316 e. The molecule has 1 aliphatic rings. The highest BCUT2D eigenvalue weighted by molar-refractivity contribution is 5.37. The lowest BCUT2D eigenvalue weighted by atomic mass is 9.88. The standard InChI is InChI=1S/C20H23N/c1-3-9-18(10-4-1)20(19-11-5-2-6-12-19)16-17-8-7-14-21-15-13-17/h1-6,9-12,16,20-21H,7-8,13-15H2/b17-16-. The van der Waals surface area contributed by atoms with Crippen molar-refractivity contribution in [2.45, 2.75) is 25.2 Å². The molecule has 21 heavy (non-hydrogen) atoms. The topological polar surface area (TPSA) is 12.0 Å². The van der Waals surface area contributed by atoms with Crippen molar-refractivity contribution in [1.29, 1.82) is 0 Å². The Bertz CT molecular complexity index is 522. The third-order valence-electron chi connectivity index (χ3n) is 4.19. The molecule has 2 aromatic carbocycles. The zero-order chi connectivity index (χ0) is 14.3. The first-order valence-electron chi connectivity index (χ1n) is 7.93. The van der Waals surface area contributed by atoms with Gasteiger partial charge in [0.25, 0.3) is 0 Å². The fourth-order valence-electron chi connectivity index (χ4n) is 3.05. The van der Waals surface area contributed by atoms with Gasteiger partial charge < -0.3 is 5.32 Å². The highest BCUT2D eigenvalue weighted by atomic mass is 14.8. The minimum Gasteiger partial charge on any atom is -0.316 e. The molecule has 0 saturated carbocycles. The van der Waals surface area contributed by atoms with Gasteiger partial charge in [-0.25, -0.2) is 0 Å². The van der Waals surface area contributed by atoms with Crippen LogP contribution >= 0.6 is 0 Å². The summed E-state index contributed by atoms with van der Waals surface area (Å²) in [7, 11) is 0. The van der Waals surface area contributed by atoms with Crippen molar-refractivity contribution < 1.29 is 0 Å². The molecule has 2 aromatic rings. The molecule has 1 nitrogen and oxygen atoms in total. The molecule has 1 saturated heterocycles. The van der Waals surface area contributed by atoms with E-state index in [0.29, 0.717) is 5.92 Å². The maximum Gasteiger partial charge on any atom is 0.0272 e. The molecule has 0 bridgehead atoms. The second kappa shape index (κ2) is 7.24. The summed E-state index contributed by atoms with van der Waals surface area (Å²) in [5, 5.41) is 3.49. The Hall–Kier alpha value is -1.86. The molecule has 1 heterocycles. The van der Waals surface area contributed by atoms with E-state index in [9.17, 15) is 0 Å². The maximum absolute atomic E-state index is 3.49. The van der Waals surface area contributed by atoms with Crippen LogP contribution in [0.5, 0.6) is 0 Å². The van der Waals surface area contributed by atoms with Gasteiger partial charge >= 0.3 is 0 Å². The Kier molecular flexibility index (Phi) is 4.86. The van der Waals surface area contributed by atoms with E-state index in [2.05, 4.69) is 72.1 Å². The number of hydrogen-bond acceptors (Lipinski definition) is 1. The zero-order valence-corrected chi connectivity index (χ0v) is 12.5. The van der Waals surface area contributed by atoms with Gasteiger partial charge in [-0.15, -0.1) is 0 Å². The third-order valence-corrected chi connectivity index (χ3v) is 4.19. The second-order valence-electron chi connectivity index (χ2n) is 5.73. The average molecular weight is 277 g/mol. The lowest BCUT2D eigenvalue weighted by molar-refractivity contribution is 0.703. The van der Waals surface area contributed by atoms with Crippen molar-refractivity contribution in [2.24, 2.45) is 0 Å². The number of allylic oxidation sites excluding steroid dienone is 1. The minimum atomic E-state index is 0.375. The van der Waals surface area contributed by atoms with Crippen molar-refractivity contribution in [3.8, 4) is 0 Å². The van der Waals surface area contributed by atoms with E-state index in [4.69, 9.17) is 0 Å². The first kappa shape index (κ1) is 14.1. The van der Waals surface area contributed by atoms with Gasteiger partial charge in [-0.2, -0.15) is 0 Å². The lowest BCUT2D eigenvalue weighted by Crippen LogP contribution is -2.13. The van der Waals surface area contributed by atoms with Crippen LogP contribution in [0.4, 0.5) is 0 Å². The minimum absolute atomic E-state index is 0.375. The van der Waals surface area contributed by atoms with E-state index in [1.165, 1.54) is 30.4 Å². The van der Waals surface area contributed by atoms with E-state index in [-0.39, 0.29) is 0 Å². The van der Waals surface area contributed by atoms with Crippen molar-refractivity contribution in [3.05, 3.63) is 83.4 Å². The molecule has 0 amide bonds. The van der Waals surface area contributed by atoms with Gasteiger partial charge in [-0.3, -0.25) is 0 Å². The van der Waals surface area contributed by atoms with Crippen molar-refractivity contribution in [1.82, 2.24) is 5.32 Å². The van der Waals surface area contributed by atoms with E-state index in [0.717, 1.165) is 13.1 Å². The third kappa shape index (κ3) is 3.83. The van der Waals surface area contributed by atoms with Gasteiger partial charge in [-0.1, -0.05) is 72.3 Å². The maximum atomic E-state index is 3.49. The van der Waals surface area contributed by atoms with Gasteiger partial charge in [0.15, 0.2) is 0 Å². The molecule has 0 spiro atoms. The second-order valence-corrected chi connectivity index (χ2v) is 5.73. The Morgan fingerprint density at radius 3 is 2.00 bits per heavy atom. The van der Waals surface area contributed by atoms with Gasteiger partial charge in [0.05, 0.1) is 0 Å². The molecule has 1 aliphatic heterocycles. The van der Waals surface area contributed by atoms with Gasteiger partial charge in [0, 0.05) is 5.92 Å². The van der Waals surface area contributed by atoms with E-state index in [1.807, 2.05) is 0 Å². The summed E-state index contributed by atoms with van der Waals surface area (Å²) in [5.41, 5.74) is 4.36. The van der Waals surface area contributed by atoms with Crippen molar-refractivity contribution in [2.75, 3.05) is 13.1 Å². The molecule has 0 unspecified atom stereocenters. The van der Waals surface area contributed by atoms with E-state index in [1.54, 1.807) is 5.57 Å². The van der Waals surface area contributed by atoms with Gasteiger partial charge in [-0.05, 0) is 43.5 Å². The van der Waals surface area contributed by atoms with Crippen LogP contribution < -0.4 is 5.32 Å². The first-order valence-corrected chi connectivity index (χ1v) is 7.93. The highest BCUT2D eigenvalue weighted by Crippen LogP contribution is 2.29. The Morgan fingerprint density at radius 1 is 0.762 bits per heavy atom. The molecular formula is C20H23N. The molecule has 1 fully saturated rings. The molecule has 108 valence electrons. The Balaban J connectivity index is 1.94. The highest BCUT2D eigenvalue weighted by Gasteiger charge is 2.13. The van der Waals surface area contributed by atoms with Crippen molar-refractivity contribution in [3.63, 3.8) is 0 Å². The summed E-state index contributed by atoms with van der Waals surface area (Å²) in [4.78, 5) is 0. The summed E-state index contributed by atoms with van der Waals surface area (Å²) < 4.78 is 0. The SMILES string of the molecule is C(=C1\CCCNCC1)/C(c1ccccc1)c1ccccc1. The van der Waals surface area contributed by atoms with Gasteiger partial charge in [0.1, 0.15) is 0 Å². The molecular weight excluding hydrogens is 254 g/mol. The molecule has 0 aliphatic carbocycles. The molecule has 3 rings (SSSR count). The average Bonchev–Trinajstić information content (AvgIpc) is 2.83. The Labute approximate surface area is 127 Å². The predicted molar refractivity (Wildman–Crippen MR) is 89.5 cm³/mol. The van der Waals surface area contributed by atoms with E-state index >= 15 is 0 Å². The van der Waals surface area contributed by atoms with Crippen LogP contribution in [-0.2, 0) is 0 Å². The van der Waals surface area contributed by atoms with Crippen LogP contribution in [-0.4, -0.2) is 13.1 Å². The van der Waals surface area contributed by atoms with Crippen LogP contribution in [0.1, 0.15) is 36.3 Å². The molecule has 0 aromatic heterocycles. The van der Waals surface area contributed by atoms with Crippen LogP contribution in [0.3, 0.4) is 0 Å². The van der Waals surface area contributed by atoms with Gasteiger partial charge in [0.2, 0.25) is 0 Å². The first-order chi connectivity index (χ1) is 10.4. The number of rotatable bonds is 3. The lowest BCUT2D eigenvalue weighted by Gasteiger charge is -2.16. The predicted octanol–water partition coefficient (Wildman–Crippen LogP) is 4.52. The van der Waals surface area contributed by atoms with E-state index < -0.39 is 0 Å². The summed E-state index contributed by atoms with van der Waals surface area (Å²) in [6.07, 6.45) is 6.15. The molecule has 1 N–H and O–H groups in total. The number of hydrogen-bond donors (Lipinski definition) is 1. The summed E-state index contributed by atoms with van der Waals surface area (Å²) in [6, 6.07) is 21.7. The zero-order valence-electron chi connectivity index (χ0n) is 12.5. The summed E-state index contributed by atoms with van der Waals surface area (Å²) in [5.74, 6) is 0.375. The van der Waals surface area contributed by atoms with Crippen LogP contribution in [0, 0.1) is 0 Å². The van der Waals surface area contributed by atoms with Crippen LogP contribution in [0.15, 0.2) is 72.3 Å². The van der Waals surface area contributed by atoms with Crippen LogP contribution in [0.25, 0.3) is 0 Å². The number of nitrogens with one attached hydrogen (secondary N) is 1. The quantitative estimate of drug-likeness (QED) is 0.813.